The number of halogens is 2. The lowest BCUT2D eigenvalue weighted by Crippen LogP contribution is -2.45. The Bertz CT molecular complexity index is 820. The number of nitrogens with one attached hydrogen (secondary N) is 2. The van der Waals surface area contributed by atoms with Crippen molar-refractivity contribution in [3.63, 3.8) is 0 Å². The molecule has 6 nitrogen and oxygen atoms in total. The van der Waals surface area contributed by atoms with Crippen LogP contribution in [0, 0.1) is 5.82 Å². The highest BCUT2D eigenvalue weighted by molar-refractivity contribution is 14.0. The summed E-state index contributed by atoms with van der Waals surface area (Å²) < 4.78 is 30.5. The van der Waals surface area contributed by atoms with E-state index < -0.39 is 0 Å². The molecule has 2 N–H and O–H groups in total. The SMILES string of the molecule is CCNC(=NCc1ccc(F)c(COC)c1)NCC1COc2ccccc2O1.I. The highest BCUT2D eigenvalue weighted by Gasteiger charge is 2.20. The van der Waals surface area contributed by atoms with Crippen LogP contribution in [0.25, 0.3) is 0 Å². The third-order valence-electron chi connectivity index (χ3n) is 4.24. The van der Waals surface area contributed by atoms with Gasteiger partial charge in [-0.1, -0.05) is 18.2 Å². The number of rotatable bonds is 7. The van der Waals surface area contributed by atoms with E-state index in [1.54, 1.807) is 19.2 Å². The first-order chi connectivity index (χ1) is 13.7. The van der Waals surface area contributed by atoms with E-state index in [1.165, 1.54) is 6.07 Å². The first kappa shape index (κ1) is 23.2. The fraction of sp³-hybridized carbons (Fsp3) is 0.381. The van der Waals surface area contributed by atoms with Gasteiger partial charge in [0.05, 0.1) is 19.7 Å². The second-order valence-corrected chi connectivity index (χ2v) is 6.43. The Balaban J connectivity index is 0.00000300. The Morgan fingerprint density at radius 3 is 2.76 bits per heavy atom. The van der Waals surface area contributed by atoms with Crippen molar-refractivity contribution in [1.29, 1.82) is 0 Å². The summed E-state index contributed by atoms with van der Waals surface area (Å²) in [5, 5.41) is 6.48. The van der Waals surface area contributed by atoms with Crippen LogP contribution in [0.2, 0.25) is 0 Å². The van der Waals surface area contributed by atoms with Gasteiger partial charge in [-0.3, -0.25) is 0 Å². The second kappa shape index (κ2) is 11.8. The van der Waals surface area contributed by atoms with Crippen LogP contribution in [0.4, 0.5) is 4.39 Å². The smallest absolute Gasteiger partial charge is 0.191 e. The molecule has 0 radical (unpaired) electrons. The number of ether oxygens (including phenoxy) is 3. The molecular formula is C21H27FIN3O3. The maximum absolute atomic E-state index is 13.7. The summed E-state index contributed by atoms with van der Waals surface area (Å²) in [5.74, 6) is 1.92. The molecule has 158 valence electrons. The minimum absolute atomic E-state index is 0. The van der Waals surface area contributed by atoms with E-state index >= 15 is 0 Å². The number of hydrogen-bond acceptors (Lipinski definition) is 4. The van der Waals surface area contributed by atoms with E-state index in [-0.39, 0.29) is 42.5 Å². The van der Waals surface area contributed by atoms with Gasteiger partial charge in [0.15, 0.2) is 17.5 Å². The summed E-state index contributed by atoms with van der Waals surface area (Å²) >= 11 is 0. The number of benzene rings is 2. The number of nitrogens with zero attached hydrogens (tertiary/aromatic N) is 1. The van der Waals surface area contributed by atoms with Gasteiger partial charge in [-0.05, 0) is 36.8 Å². The number of aliphatic imine (C=N–C) groups is 1. The van der Waals surface area contributed by atoms with Gasteiger partial charge in [0.2, 0.25) is 0 Å². The lowest BCUT2D eigenvalue weighted by Gasteiger charge is -2.27. The van der Waals surface area contributed by atoms with Gasteiger partial charge in [-0.15, -0.1) is 24.0 Å². The molecule has 2 aromatic rings. The number of para-hydroxylation sites is 2. The predicted octanol–water partition coefficient (Wildman–Crippen LogP) is 3.49. The van der Waals surface area contributed by atoms with Crippen LogP contribution in [0.5, 0.6) is 11.5 Å². The summed E-state index contributed by atoms with van der Waals surface area (Å²) in [6, 6.07) is 12.6. The van der Waals surface area contributed by atoms with Crippen LogP contribution in [0.1, 0.15) is 18.1 Å². The molecule has 1 heterocycles. The Hall–Kier alpha value is -2.07. The molecule has 1 aliphatic heterocycles. The Labute approximate surface area is 187 Å². The maximum Gasteiger partial charge on any atom is 0.191 e. The summed E-state index contributed by atoms with van der Waals surface area (Å²) in [4.78, 5) is 4.58. The van der Waals surface area contributed by atoms with Gasteiger partial charge >= 0.3 is 0 Å². The average Bonchev–Trinajstić information content (AvgIpc) is 2.72. The molecule has 0 spiro atoms. The number of fused-ring (bicyclic) bond motifs is 1. The standard InChI is InChI=1S/C21H26FN3O3.HI/c1-3-23-21(24-11-15-8-9-18(22)16(10-15)13-26-2)25-12-17-14-27-19-6-4-5-7-20(19)28-17;/h4-10,17H,3,11-14H2,1-2H3,(H2,23,24,25);1H. The quantitative estimate of drug-likeness (QED) is 0.336. The van der Waals surface area contributed by atoms with E-state index in [2.05, 4.69) is 15.6 Å². The van der Waals surface area contributed by atoms with E-state index in [4.69, 9.17) is 14.2 Å². The van der Waals surface area contributed by atoms with Gasteiger partial charge in [0.25, 0.3) is 0 Å². The Morgan fingerprint density at radius 2 is 2.00 bits per heavy atom. The molecule has 0 aromatic heterocycles. The third kappa shape index (κ3) is 6.74. The van der Waals surface area contributed by atoms with Gasteiger partial charge in [-0.25, -0.2) is 9.38 Å². The molecule has 3 rings (SSSR count). The van der Waals surface area contributed by atoms with Gasteiger partial charge in [0.1, 0.15) is 18.5 Å². The van der Waals surface area contributed by atoms with Gasteiger partial charge in [-0.2, -0.15) is 0 Å². The fourth-order valence-corrected chi connectivity index (χ4v) is 2.88. The van der Waals surface area contributed by atoms with Gasteiger partial charge in [0, 0.05) is 19.2 Å². The highest BCUT2D eigenvalue weighted by atomic mass is 127. The van der Waals surface area contributed by atoms with Gasteiger partial charge < -0.3 is 24.8 Å². The maximum atomic E-state index is 13.7. The van der Waals surface area contributed by atoms with Crippen LogP contribution < -0.4 is 20.1 Å². The van der Waals surface area contributed by atoms with E-state index in [1.807, 2.05) is 31.2 Å². The Morgan fingerprint density at radius 1 is 1.21 bits per heavy atom. The molecule has 8 heteroatoms. The number of methoxy groups -OCH3 is 1. The lowest BCUT2D eigenvalue weighted by atomic mass is 10.1. The topological polar surface area (TPSA) is 64.1 Å². The molecule has 0 saturated heterocycles. The van der Waals surface area contributed by atoms with Crippen molar-refractivity contribution in [3.8, 4) is 11.5 Å². The molecule has 0 saturated carbocycles. The summed E-state index contributed by atoms with van der Waals surface area (Å²) in [6.07, 6.45) is -0.113. The largest absolute Gasteiger partial charge is 0.486 e. The van der Waals surface area contributed by atoms with Crippen molar-refractivity contribution >= 4 is 29.9 Å². The van der Waals surface area contributed by atoms with Crippen molar-refractivity contribution in [1.82, 2.24) is 10.6 Å². The minimum atomic E-state index is -0.269. The third-order valence-corrected chi connectivity index (χ3v) is 4.24. The normalized spacial score (nSPS) is 15.4. The van der Waals surface area contributed by atoms with Crippen molar-refractivity contribution < 1.29 is 18.6 Å². The molecule has 1 aliphatic rings. The van der Waals surface area contributed by atoms with Crippen molar-refractivity contribution in [2.24, 2.45) is 4.99 Å². The molecule has 1 atom stereocenters. The van der Waals surface area contributed by atoms with E-state index in [0.29, 0.717) is 31.2 Å². The predicted molar refractivity (Wildman–Crippen MR) is 122 cm³/mol. The molecule has 29 heavy (non-hydrogen) atoms. The van der Waals surface area contributed by atoms with Crippen LogP contribution >= 0.6 is 24.0 Å². The van der Waals surface area contributed by atoms with Crippen molar-refractivity contribution in [3.05, 3.63) is 59.4 Å². The zero-order valence-corrected chi connectivity index (χ0v) is 18.9. The van der Waals surface area contributed by atoms with Crippen molar-refractivity contribution in [2.75, 3.05) is 26.8 Å². The summed E-state index contributed by atoms with van der Waals surface area (Å²) in [5.41, 5.74) is 1.44. The molecule has 0 amide bonds. The first-order valence-corrected chi connectivity index (χ1v) is 9.36. The molecule has 1 unspecified atom stereocenters. The molecule has 2 aromatic carbocycles. The lowest BCUT2D eigenvalue weighted by molar-refractivity contribution is 0.0936. The molecular weight excluding hydrogens is 488 g/mol. The van der Waals surface area contributed by atoms with E-state index in [9.17, 15) is 4.39 Å². The highest BCUT2D eigenvalue weighted by Crippen LogP contribution is 2.30. The first-order valence-electron chi connectivity index (χ1n) is 9.36. The second-order valence-electron chi connectivity index (χ2n) is 6.43. The monoisotopic (exact) mass is 515 g/mol. The van der Waals surface area contributed by atoms with Crippen LogP contribution in [0.3, 0.4) is 0 Å². The Kier molecular flexibility index (Phi) is 9.46. The van der Waals surface area contributed by atoms with Crippen LogP contribution in [0.15, 0.2) is 47.5 Å². The molecule has 0 bridgehead atoms. The number of hydrogen-bond donors (Lipinski definition) is 2. The summed E-state index contributed by atoms with van der Waals surface area (Å²) in [7, 11) is 1.55. The minimum Gasteiger partial charge on any atom is -0.486 e. The number of guanidine groups is 1. The van der Waals surface area contributed by atoms with Crippen molar-refractivity contribution in [2.45, 2.75) is 26.2 Å². The average molecular weight is 515 g/mol. The summed E-state index contributed by atoms with van der Waals surface area (Å²) in [6.45, 7) is 4.43. The zero-order valence-electron chi connectivity index (χ0n) is 16.6. The van der Waals surface area contributed by atoms with Crippen LogP contribution in [-0.2, 0) is 17.9 Å². The zero-order chi connectivity index (χ0) is 19.8. The molecule has 0 aliphatic carbocycles. The van der Waals surface area contributed by atoms with Crippen LogP contribution in [-0.4, -0.2) is 38.9 Å². The molecule has 0 fully saturated rings. The fourth-order valence-electron chi connectivity index (χ4n) is 2.88. The van der Waals surface area contributed by atoms with E-state index in [0.717, 1.165) is 23.6 Å².